The van der Waals surface area contributed by atoms with Crippen molar-refractivity contribution in [2.24, 2.45) is 0 Å². The summed E-state index contributed by atoms with van der Waals surface area (Å²) in [6, 6.07) is 0. The summed E-state index contributed by atoms with van der Waals surface area (Å²) in [5.41, 5.74) is 0. The van der Waals surface area contributed by atoms with E-state index in [-0.39, 0.29) is 6.10 Å². The second-order valence-corrected chi connectivity index (χ2v) is 4.79. The average molecular weight is 226 g/mol. The van der Waals surface area contributed by atoms with Crippen molar-refractivity contribution in [1.82, 2.24) is 0 Å². The molecule has 16 heavy (non-hydrogen) atoms. The Bertz CT molecular complexity index is 150. The van der Waals surface area contributed by atoms with E-state index >= 15 is 0 Å². The molecular weight excluding hydrogens is 196 g/mol. The first-order chi connectivity index (χ1) is 7.77. The van der Waals surface area contributed by atoms with Crippen LogP contribution in [0.25, 0.3) is 0 Å². The Labute approximate surface area is 102 Å². The molecule has 0 aromatic heterocycles. The minimum absolute atomic E-state index is 0.279. The Morgan fingerprint density at radius 2 is 1.38 bits per heavy atom. The van der Waals surface area contributed by atoms with Gasteiger partial charge in [-0.05, 0) is 19.8 Å². The quantitative estimate of drug-likeness (QED) is 0.394. The molecule has 0 heterocycles. The van der Waals surface area contributed by atoms with Crippen LogP contribution in [0.15, 0.2) is 12.2 Å². The van der Waals surface area contributed by atoms with Crippen molar-refractivity contribution in [3.8, 4) is 0 Å². The molecule has 0 radical (unpaired) electrons. The standard InChI is InChI=1S/C15H30O/c1-3-4-5-6-7-8-9-10-11-12-13-14-15(2)16/h13-16H,3-12H2,1-2H3/b14-13+. The van der Waals surface area contributed by atoms with Crippen LogP contribution < -0.4 is 0 Å². The SMILES string of the molecule is CCCCCCCCCCC/C=C/C(C)O. The van der Waals surface area contributed by atoms with Crippen molar-refractivity contribution in [1.29, 1.82) is 0 Å². The van der Waals surface area contributed by atoms with Crippen molar-refractivity contribution in [3.63, 3.8) is 0 Å². The lowest BCUT2D eigenvalue weighted by Gasteiger charge is -2.00. The van der Waals surface area contributed by atoms with Crippen molar-refractivity contribution in [2.75, 3.05) is 0 Å². The molecule has 0 spiro atoms. The third-order valence-electron chi connectivity index (χ3n) is 2.89. The molecule has 0 aliphatic carbocycles. The zero-order valence-corrected chi connectivity index (χ0v) is 11.3. The Hall–Kier alpha value is -0.300. The van der Waals surface area contributed by atoms with Gasteiger partial charge in [-0.15, -0.1) is 0 Å². The van der Waals surface area contributed by atoms with Crippen LogP contribution in [0.4, 0.5) is 0 Å². The topological polar surface area (TPSA) is 20.2 Å². The third kappa shape index (κ3) is 13.7. The van der Waals surface area contributed by atoms with Gasteiger partial charge in [-0.1, -0.05) is 70.4 Å². The van der Waals surface area contributed by atoms with Crippen LogP contribution in [0.2, 0.25) is 0 Å². The minimum Gasteiger partial charge on any atom is -0.389 e. The molecule has 0 amide bonds. The van der Waals surface area contributed by atoms with Gasteiger partial charge in [-0.25, -0.2) is 0 Å². The molecule has 0 aromatic carbocycles. The fourth-order valence-electron chi connectivity index (χ4n) is 1.87. The van der Waals surface area contributed by atoms with Gasteiger partial charge < -0.3 is 5.11 Å². The van der Waals surface area contributed by atoms with Gasteiger partial charge in [0.1, 0.15) is 0 Å². The number of hydrogen-bond acceptors (Lipinski definition) is 1. The van der Waals surface area contributed by atoms with Gasteiger partial charge in [-0.3, -0.25) is 0 Å². The number of aliphatic hydroxyl groups is 1. The highest BCUT2D eigenvalue weighted by Gasteiger charge is 1.91. The zero-order chi connectivity index (χ0) is 12.1. The summed E-state index contributed by atoms with van der Waals surface area (Å²) in [6.07, 6.45) is 17.3. The predicted octanol–water partition coefficient (Wildman–Crippen LogP) is 4.84. The lowest BCUT2D eigenvalue weighted by Crippen LogP contribution is -1.91. The highest BCUT2D eigenvalue weighted by molar-refractivity contribution is 4.85. The van der Waals surface area contributed by atoms with E-state index in [0.29, 0.717) is 0 Å². The molecule has 96 valence electrons. The molecule has 1 unspecified atom stereocenters. The molecule has 0 saturated heterocycles. The van der Waals surface area contributed by atoms with E-state index in [1.807, 2.05) is 6.08 Å². The van der Waals surface area contributed by atoms with Crippen molar-refractivity contribution in [3.05, 3.63) is 12.2 Å². The summed E-state index contributed by atoms with van der Waals surface area (Å²) in [6.45, 7) is 4.06. The fraction of sp³-hybridized carbons (Fsp3) is 0.867. The van der Waals surface area contributed by atoms with E-state index in [1.165, 1.54) is 57.8 Å². The van der Waals surface area contributed by atoms with E-state index in [4.69, 9.17) is 5.11 Å². The molecular formula is C15H30O. The zero-order valence-electron chi connectivity index (χ0n) is 11.3. The molecule has 0 aliphatic rings. The smallest absolute Gasteiger partial charge is 0.0692 e. The summed E-state index contributed by atoms with van der Waals surface area (Å²) < 4.78 is 0. The van der Waals surface area contributed by atoms with Crippen LogP contribution in [-0.2, 0) is 0 Å². The number of rotatable bonds is 11. The summed E-state index contributed by atoms with van der Waals surface area (Å²) in [5, 5.41) is 9.01. The van der Waals surface area contributed by atoms with Crippen LogP contribution in [-0.4, -0.2) is 11.2 Å². The second-order valence-electron chi connectivity index (χ2n) is 4.79. The van der Waals surface area contributed by atoms with Crippen LogP contribution in [0.5, 0.6) is 0 Å². The van der Waals surface area contributed by atoms with Gasteiger partial charge in [0.2, 0.25) is 0 Å². The van der Waals surface area contributed by atoms with Crippen LogP contribution in [0.3, 0.4) is 0 Å². The second kappa shape index (κ2) is 12.8. The Balaban J connectivity index is 2.99. The first-order valence-corrected chi connectivity index (χ1v) is 7.12. The molecule has 1 N–H and O–H groups in total. The number of allylic oxidation sites excluding steroid dienone is 1. The van der Waals surface area contributed by atoms with Gasteiger partial charge in [0.05, 0.1) is 6.10 Å². The maximum absolute atomic E-state index is 9.01. The van der Waals surface area contributed by atoms with Crippen molar-refractivity contribution in [2.45, 2.75) is 84.2 Å². The molecule has 0 saturated carbocycles. The van der Waals surface area contributed by atoms with E-state index in [9.17, 15) is 0 Å². The molecule has 1 nitrogen and oxygen atoms in total. The summed E-state index contributed by atoms with van der Waals surface area (Å²) in [5.74, 6) is 0. The number of hydrogen-bond donors (Lipinski definition) is 1. The number of unbranched alkanes of at least 4 members (excludes halogenated alkanes) is 9. The van der Waals surface area contributed by atoms with E-state index < -0.39 is 0 Å². The molecule has 0 aliphatic heterocycles. The summed E-state index contributed by atoms with van der Waals surface area (Å²) in [7, 11) is 0. The molecule has 0 fully saturated rings. The highest BCUT2D eigenvalue weighted by Crippen LogP contribution is 2.10. The first kappa shape index (κ1) is 15.7. The van der Waals surface area contributed by atoms with Gasteiger partial charge in [-0.2, -0.15) is 0 Å². The maximum Gasteiger partial charge on any atom is 0.0692 e. The van der Waals surface area contributed by atoms with Crippen molar-refractivity contribution >= 4 is 0 Å². The summed E-state index contributed by atoms with van der Waals surface area (Å²) in [4.78, 5) is 0. The van der Waals surface area contributed by atoms with Crippen LogP contribution >= 0.6 is 0 Å². The Kier molecular flexibility index (Phi) is 12.5. The highest BCUT2D eigenvalue weighted by atomic mass is 16.3. The van der Waals surface area contributed by atoms with Crippen LogP contribution in [0.1, 0.15) is 78.1 Å². The Morgan fingerprint density at radius 3 is 1.88 bits per heavy atom. The average Bonchev–Trinajstić information content (AvgIpc) is 2.25. The van der Waals surface area contributed by atoms with Gasteiger partial charge >= 0.3 is 0 Å². The third-order valence-corrected chi connectivity index (χ3v) is 2.89. The maximum atomic E-state index is 9.01. The van der Waals surface area contributed by atoms with E-state index in [2.05, 4.69) is 13.0 Å². The van der Waals surface area contributed by atoms with Gasteiger partial charge in [0, 0.05) is 0 Å². The van der Waals surface area contributed by atoms with Crippen LogP contribution in [0, 0.1) is 0 Å². The predicted molar refractivity (Wildman–Crippen MR) is 72.7 cm³/mol. The molecule has 0 bridgehead atoms. The largest absolute Gasteiger partial charge is 0.389 e. The van der Waals surface area contributed by atoms with Gasteiger partial charge in [0.25, 0.3) is 0 Å². The van der Waals surface area contributed by atoms with E-state index in [0.717, 1.165) is 6.42 Å². The molecule has 0 aromatic rings. The molecule has 0 rings (SSSR count). The monoisotopic (exact) mass is 226 g/mol. The molecule has 1 atom stereocenters. The first-order valence-electron chi connectivity index (χ1n) is 7.12. The lowest BCUT2D eigenvalue weighted by atomic mass is 10.1. The minimum atomic E-state index is -0.279. The fourth-order valence-corrected chi connectivity index (χ4v) is 1.87. The lowest BCUT2D eigenvalue weighted by molar-refractivity contribution is 0.244. The number of aliphatic hydroxyl groups excluding tert-OH is 1. The van der Waals surface area contributed by atoms with Gasteiger partial charge in [0.15, 0.2) is 0 Å². The summed E-state index contributed by atoms with van der Waals surface area (Å²) >= 11 is 0. The Morgan fingerprint density at radius 1 is 0.875 bits per heavy atom. The van der Waals surface area contributed by atoms with E-state index in [1.54, 1.807) is 6.92 Å². The molecule has 1 heteroatoms. The normalized spacial score (nSPS) is 13.4. The van der Waals surface area contributed by atoms with Crippen molar-refractivity contribution < 1.29 is 5.11 Å².